The summed E-state index contributed by atoms with van der Waals surface area (Å²) in [5, 5.41) is 0. The molecule has 6 nitrogen and oxygen atoms in total. The highest BCUT2D eigenvalue weighted by Crippen LogP contribution is 2.18. The minimum atomic E-state index is -0.102. The molecule has 6 heteroatoms. The van der Waals surface area contributed by atoms with Crippen LogP contribution in [-0.2, 0) is 17.8 Å². The van der Waals surface area contributed by atoms with E-state index in [1.54, 1.807) is 17.0 Å². The molecule has 4 rings (SSSR count). The van der Waals surface area contributed by atoms with Crippen molar-refractivity contribution in [1.82, 2.24) is 14.7 Å². The Morgan fingerprint density at radius 2 is 1.62 bits per heavy atom. The van der Waals surface area contributed by atoms with Crippen molar-refractivity contribution in [1.29, 1.82) is 0 Å². The number of rotatable bonds is 3. The molecule has 1 saturated heterocycles. The molecule has 0 spiro atoms. The van der Waals surface area contributed by atoms with Gasteiger partial charge in [0.15, 0.2) is 5.76 Å². The summed E-state index contributed by atoms with van der Waals surface area (Å²) < 4.78 is 5.17. The Morgan fingerprint density at radius 1 is 0.885 bits per heavy atom. The number of benzene rings is 1. The van der Waals surface area contributed by atoms with E-state index in [2.05, 4.69) is 29.2 Å². The lowest BCUT2D eigenvalue weighted by atomic mass is 10.00. The van der Waals surface area contributed by atoms with Gasteiger partial charge in [0.05, 0.1) is 12.8 Å². The van der Waals surface area contributed by atoms with E-state index in [-0.39, 0.29) is 11.8 Å². The molecule has 2 aliphatic rings. The third-order valence-electron chi connectivity index (χ3n) is 5.22. The monoisotopic (exact) mass is 353 g/mol. The van der Waals surface area contributed by atoms with E-state index >= 15 is 0 Å². The van der Waals surface area contributed by atoms with E-state index in [9.17, 15) is 9.59 Å². The summed E-state index contributed by atoms with van der Waals surface area (Å²) in [6.07, 6.45) is 2.50. The van der Waals surface area contributed by atoms with Crippen molar-refractivity contribution in [3.05, 3.63) is 59.5 Å². The molecule has 0 saturated carbocycles. The average molecular weight is 353 g/mol. The number of fused-ring (bicyclic) bond motifs is 1. The highest BCUT2D eigenvalue weighted by Gasteiger charge is 2.27. The van der Waals surface area contributed by atoms with Gasteiger partial charge in [-0.2, -0.15) is 0 Å². The summed E-state index contributed by atoms with van der Waals surface area (Å²) in [4.78, 5) is 30.8. The average Bonchev–Trinajstić information content (AvgIpc) is 3.22. The number of carbonyl (C=O) groups is 2. The van der Waals surface area contributed by atoms with Crippen LogP contribution in [0.3, 0.4) is 0 Å². The fourth-order valence-electron chi connectivity index (χ4n) is 3.70. The molecular weight excluding hydrogens is 330 g/mol. The predicted molar refractivity (Wildman–Crippen MR) is 96.6 cm³/mol. The molecule has 0 aliphatic carbocycles. The van der Waals surface area contributed by atoms with Crippen molar-refractivity contribution in [2.45, 2.75) is 13.0 Å². The summed E-state index contributed by atoms with van der Waals surface area (Å²) in [5.74, 6) is 0.404. The molecule has 136 valence electrons. The summed E-state index contributed by atoms with van der Waals surface area (Å²) in [7, 11) is 0. The van der Waals surface area contributed by atoms with Crippen molar-refractivity contribution >= 4 is 11.8 Å². The topological polar surface area (TPSA) is 57.0 Å². The number of nitrogens with zero attached hydrogens (tertiary/aromatic N) is 3. The first kappa shape index (κ1) is 16.8. The second kappa shape index (κ2) is 7.33. The SMILES string of the molecule is O=C(CN1CCc2ccccc2C1)N1CCN(C(=O)c2ccco2)CC1. The molecule has 3 heterocycles. The van der Waals surface area contributed by atoms with Crippen LogP contribution in [-0.4, -0.2) is 65.8 Å². The third-order valence-corrected chi connectivity index (χ3v) is 5.22. The third kappa shape index (κ3) is 3.51. The Kier molecular flexibility index (Phi) is 4.75. The van der Waals surface area contributed by atoms with Crippen LogP contribution < -0.4 is 0 Å². The molecule has 0 unspecified atom stereocenters. The molecule has 0 radical (unpaired) electrons. The quantitative estimate of drug-likeness (QED) is 0.841. The number of furan rings is 1. The lowest BCUT2D eigenvalue weighted by molar-refractivity contribution is -0.134. The molecule has 0 bridgehead atoms. The van der Waals surface area contributed by atoms with Crippen LogP contribution in [0, 0.1) is 0 Å². The minimum absolute atomic E-state index is 0.102. The Balaban J connectivity index is 1.28. The maximum Gasteiger partial charge on any atom is 0.289 e. The van der Waals surface area contributed by atoms with Gasteiger partial charge in [-0.15, -0.1) is 0 Å². The fraction of sp³-hybridized carbons (Fsp3) is 0.400. The van der Waals surface area contributed by atoms with Crippen molar-refractivity contribution in [3.63, 3.8) is 0 Å². The second-order valence-electron chi connectivity index (χ2n) is 6.88. The fourth-order valence-corrected chi connectivity index (χ4v) is 3.70. The summed E-state index contributed by atoms with van der Waals surface area (Å²) >= 11 is 0. The molecular formula is C20H23N3O3. The molecule has 1 aromatic carbocycles. The van der Waals surface area contributed by atoms with Crippen LogP contribution in [0.5, 0.6) is 0 Å². The predicted octanol–water partition coefficient (Wildman–Crippen LogP) is 1.62. The van der Waals surface area contributed by atoms with Gasteiger partial charge in [-0.1, -0.05) is 24.3 Å². The first-order valence-corrected chi connectivity index (χ1v) is 9.10. The summed E-state index contributed by atoms with van der Waals surface area (Å²) in [6.45, 7) is 4.45. The molecule has 2 aromatic rings. The lowest BCUT2D eigenvalue weighted by Gasteiger charge is -2.36. The van der Waals surface area contributed by atoms with E-state index in [1.807, 2.05) is 4.90 Å². The second-order valence-corrected chi connectivity index (χ2v) is 6.88. The molecule has 1 aromatic heterocycles. The summed E-state index contributed by atoms with van der Waals surface area (Å²) in [6, 6.07) is 11.8. The zero-order chi connectivity index (χ0) is 17.9. The molecule has 0 atom stereocenters. The first-order valence-electron chi connectivity index (χ1n) is 9.10. The van der Waals surface area contributed by atoms with Gasteiger partial charge in [0, 0.05) is 39.3 Å². The lowest BCUT2D eigenvalue weighted by Crippen LogP contribution is -2.52. The van der Waals surface area contributed by atoms with Crippen LogP contribution in [0.1, 0.15) is 21.7 Å². The van der Waals surface area contributed by atoms with Crippen LogP contribution in [0.25, 0.3) is 0 Å². The Labute approximate surface area is 153 Å². The maximum atomic E-state index is 12.6. The van der Waals surface area contributed by atoms with Gasteiger partial charge in [-0.25, -0.2) is 0 Å². The zero-order valence-electron chi connectivity index (χ0n) is 14.8. The van der Waals surface area contributed by atoms with Gasteiger partial charge < -0.3 is 14.2 Å². The first-order chi connectivity index (χ1) is 12.7. The van der Waals surface area contributed by atoms with E-state index in [0.29, 0.717) is 38.5 Å². The van der Waals surface area contributed by atoms with E-state index in [1.165, 1.54) is 17.4 Å². The summed E-state index contributed by atoms with van der Waals surface area (Å²) in [5.41, 5.74) is 2.71. The highest BCUT2D eigenvalue weighted by molar-refractivity contribution is 5.91. The van der Waals surface area contributed by atoms with Crippen LogP contribution in [0.15, 0.2) is 47.1 Å². The van der Waals surface area contributed by atoms with Crippen LogP contribution in [0.2, 0.25) is 0 Å². The normalized spacial score (nSPS) is 17.8. The number of hydrogen-bond acceptors (Lipinski definition) is 4. The number of amides is 2. The van der Waals surface area contributed by atoms with E-state index in [4.69, 9.17) is 4.42 Å². The Morgan fingerprint density at radius 3 is 2.35 bits per heavy atom. The largest absolute Gasteiger partial charge is 0.459 e. The highest BCUT2D eigenvalue weighted by atomic mass is 16.3. The van der Waals surface area contributed by atoms with Gasteiger partial charge in [0.1, 0.15) is 0 Å². The number of carbonyl (C=O) groups excluding carboxylic acids is 2. The van der Waals surface area contributed by atoms with Crippen molar-refractivity contribution < 1.29 is 14.0 Å². The zero-order valence-corrected chi connectivity index (χ0v) is 14.8. The van der Waals surface area contributed by atoms with Crippen molar-refractivity contribution in [2.75, 3.05) is 39.3 Å². The molecule has 2 amide bonds. The van der Waals surface area contributed by atoms with Gasteiger partial charge in [-0.3, -0.25) is 14.5 Å². The van der Waals surface area contributed by atoms with Gasteiger partial charge in [-0.05, 0) is 29.7 Å². The molecule has 26 heavy (non-hydrogen) atoms. The van der Waals surface area contributed by atoms with Crippen LogP contribution in [0.4, 0.5) is 0 Å². The van der Waals surface area contributed by atoms with Crippen molar-refractivity contribution in [3.8, 4) is 0 Å². The molecule has 1 fully saturated rings. The molecule has 2 aliphatic heterocycles. The minimum Gasteiger partial charge on any atom is -0.459 e. The van der Waals surface area contributed by atoms with E-state index in [0.717, 1.165) is 19.5 Å². The molecule has 0 N–H and O–H groups in total. The van der Waals surface area contributed by atoms with Crippen LogP contribution >= 0.6 is 0 Å². The van der Waals surface area contributed by atoms with Gasteiger partial charge in [0.2, 0.25) is 5.91 Å². The van der Waals surface area contributed by atoms with Crippen molar-refractivity contribution in [2.24, 2.45) is 0 Å². The Hall–Kier alpha value is -2.60. The van der Waals surface area contributed by atoms with Gasteiger partial charge >= 0.3 is 0 Å². The standard InChI is InChI=1S/C20H23N3O3/c24-19(15-21-8-7-16-4-1-2-5-17(16)14-21)22-9-11-23(12-10-22)20(25)18-6-3-13-26-18/h1-6,13H,7-12,14-15H2. The number of piperazine rings is 1. The van der Waals surface area contributed by atoms with E-state index < -0.39 is 0 Å². The maximum absolute atomic E-state index is 12.6. The Bertz CT molecular complexity index is 779. The number of hydrogen-bond donors (Lipinski definition) is 0. The smallest absolute Gasteiger partial charge is 0.289 e. The van der Waals surface area contributed by atoms with Gasteiger partial charge in [0.25, 0.3) is 5.91 Å².